The summed E-state index contributed by atoms with van der Waals surface area (Å²) in [6, 6.07) is 2.50. The highest BCUT2D eigenvalue weighted by molar-refractivity contribution is 4.91. The Morgan fingerprint density at radius 1 is 1.38 bits per heavy atom. The molecule has 0 aliphatic heterocycles. The minimum absolute atomic E-state index is 0.326. The molecule has 3 nitrogen and oxygen atoms in total. The lowest BCUT2D eigenvalue weighted by atomic mass is 10.1. The van der Waals surface area contributed by atoms with E-state index in [0.717, 1.165) is 19.0 Å². The van der Waals surface area contributed by atoms with Gasteiger partial charge in [-0.05, 0) is 31.7 Å². The van der Waals surface area contributed by atoms with Gasteiger partial charge in [0, 0.05) is 12.6 Å². The van der Waals surface area contributed by atoms with Gasteiger partial charge in [0.05, 0.1) is 6.07 Å². The fourth-order valence-electron chi connectivity index (χ4n) is 2.41. The van der Waals surface area contributed by atoms with Crippen LogP contribution in [-0.2, 0) is 0 Å². The Labute approximate surface area is 99.6 Å². The van der Waals surface area contributed by atoms with E-state index in [4.69, 9.17) is 11.0 Å². The molecule has 0 heterocycles. The Kier molecular flexibility index (Phi) is 5.79. The predicted octanol–water partition coefficient (Wildman–Crippen LogP) is 2.13. The van der Waals surface area contributed by atoms with Crippen molar-refractivity contribution in [2.45, 2.75) is 58.0 Å². The van der Waals surface area contributed by atoms with Crippen molar-refractivity contribution in [1.82, 2.24) is 4.90 Å². The van der Waals surface area contributed by atoms with Crippen molar-refractivity contribution in [2.24, 2.45) is 11.7 Å². The maximum atomic E-state index is 8.80. The lowest BCUT2D eigenvalue weighted by molar-refractivity contribution is 0.185. The van der Waals surface area contributed by atoms with Gasteiger partial charge < -0.3 is 5.73 Å². The average Bonchev–Trinajstić information content (AvgIpc) is 2.76. The molecule has 92 valence electrons. The SMILES string of the molecule is CC(C)CCN(CC(N)C#N)C1CCCC1. The Morgan fingerprint density at radius 3 is 2.50 bits per heavy atom. The molecule has 1 fully saturated rings. The number of nitrogens with zero attached hydrogens (tertiary/aromatic N) is 2. The summed E-state index contributed by atoms with van der Waals surface area (Å²) in [7, 11) is 0. The smallest absolute Gasteiger partial charge is 0.106 e. The molecule has 1 unspecified atom stereocenters. The number of hydrogen-bond acceptors (Lipinski definition) is 3. The summed E-state index contributed by atoms with van der Waals surface area (Å²) in [6.07, 6.45) is 6.45. The molecule has 0 aromatic carbocycles. The first-order valence-corrected chi connectivity index (χ1v) is 6.52. The first kappa shape index (κ1) is 13.5. The van der Waals surface area contributed by atoms with E-state index in [2.05, 4.69) is 24.8 Å². The Balaban J connectivity index is 2.43. The van der Waals surface area contributed by atoms with E-state index < -0.39 is 0 Å². The van der Waals surface area contributed by atoms with E-state index in [0.29, 0.717) is 6.04 Å². The Bertz CT molecular complexity index is 226. The van der Waals surface area contributed by atoms with Crippen LogP contribution in [0.1, 0.15) is 46.0 Å². The molecule has 0 aromatic rings. The van der Waals surface area contributed by atoms with Crippen LogP contribution >= 0.6 is 0 Å². The third-order valence-corrected chi connectivity index (χ3v) is 3.43. The van der Waals surface area contributed by atoms with Crippen LogP contribution < -0.4 is 5.73 Å². The molecule has 0 amide bonds. The van der Waals surface area contributed by atoms with Crippen molar-refractivity contribution < 1.29 is 0 Å². The second-order valence-electron chi connectivity index (χ2n) is 5.35. The molecule has 3 heteroatoms. The van der Waals surface area contributed by atoms with Gasteiger partial charge in [-0.1, -0.05) is 26.7 Å². The third-order valence-electron chi connectivity index (χ3n) is 3.43. The summed E-state index contributed by atoms with van der Waals surface area (Å²) < 4.78 is 0. The topological polar surface area (TPSA) is 53.0 Å². The molecule has 2 N–H and O–H groups in total. The van der Waals surface area contributed by atoms with E-state index in [1.165, 1.54) is 32.1 Å². The van der Waals surface area contributed by atoms with Gasteiger partial charge in [-0.25, -0.2) is 0 Å². The van der Waals surface area contributed by atoms with Gasteiger partial charge in [-0.2, -0.15) is 5.26 Å². The molecule has 0 radical (unpaired) electrons. The van der Waals surface area contributed by atoms with E-state index in [-0.39, 0.29) is 6.04 Å². The van der Waals surface area contributed by atoms with Crippen LogP contribution in [0.25, 0.3) is 0 Å². The molecule has 0 bridgehead atoms. The van der Waals surface area contributed by atoms with Crippen LogP contribution in [0.2, 0.25) is 0 Å². The standard InChI is InChI=1S/C13H25N3/c1-11(2)7-8-16(10-12(15)9-14)13-5-3-4-6-13/h11-13H,3-8,10,15H2,1-2H3. The van der Waals surface area contributed by atoms with Crippen molar-refractivity contribution in [3.05, 3.63) is 0 Å². The van der Waals surface area contributed by atoms with E-state index in [1.807, 2.05) is 0 Å². The first-order valence-electron chi connectivity index (χ1n) is 6.52. The number of nitriles is 1. The fourth-order valence-corrected chi connectivity index (χ4v) is 2.41. The van der Waals surface area contributed by atoms with Gasteiger partial charge in [-0.3, -0.25) is 4.90 Å². The van der Waals surface area contributed by atoms with Crippen molar-refractivity contribution in [1.29, 1.82) is 5.26 Å². The summed E-state index contributed by atoms with van der Waals surface area (Å²) in [4.78, 5) is 2.45. The molecule has 1 aliphatic rings. The van der Waals surface area contributed by atoms with Gasteiger partial charge in [0.15, 0.2) is 0 Å². The normalized spacial score (nSPS) is 19.2. The second-order valence-corrected chi connectivity index (χ2v) is 5.35. The third kappa shape index (κ3) is 4.51. The molecule has 1 saturated carbocycles. The van der Waals surface area contributed by atoms with Gasteiger partial charge in [0.2, 0.25) is 0 Å². The van der Waals surface area contributed by atoms with Gasteiger partial charge >= 0.3 is 0 Å². The van der Waals surface area contributed by atoms with E-state index >= 15 is 0 Å². The lowest BCUT2D eigenvalue weighted by Crippen LogP contribution is -2.42. The lowest BCUT2D eigenvalue weighted by Gasteiger charge is -2.30. The predicted molar refractivity (Wildman–Crippen MR) is 66.9 cm³/mol. The molecule has 0 spiro atoms. The highest BCUT2D eigenvalue weighted by atomic mass is 15.2. The van der Waals surface area contributed by atoms with Crippen LogP contribution in [0.15, 0.2) is 0 Å². The van der Waals surface area contributed by atoms with Crippen molar-refractivity contribution in [3.63, 3.8) is 0 Å². The number of nitrogens with two attached hydrogens (primary N) is 1. The van der Waals surface area contributed by atoms with Crippen molar-refractivity contribution in [2.75, 3.05) is 13.1 Å². The van der Waals surface area contributed by atoms with Crippen LogP contribution in [0.5, 0.6) is 0 Å². The maximum absolute atomic E-state index is 8.80. The molecular formula is C13H25N3. The summed E-state index contributed by atoms with van der Waals surface area (Å²) in [5, 5.41) is 8.80. The zero-order valence-electron chi connectivity index (χ0n) is 10.7. The summed E-state index contributed by atoms with van der Waals surface area (Å²) in [5.41, 5.74) is 5.75. The quantitative estimate of drug-likeness (QED) is 0.750. The molecule has 16 heavy (non-hydrogen) atoms. The second kappa shape index (κ2) is 6.88. The van der Waals surface area contributed by atoms with Crippen LogP contribution in [0.4, 0.5) is 0 Å². The zero-order chi connectivity index (χ0) is 12.0. The monoisotopic (exact) mass is 223 g/mol. The molecule has 1 aliphatic carbocycles. The molecule has 0 saturated heterocycles. The van der Waals surface area contributed by atoms with Crippen molar-refractivity contribution in [3.8, 4) is 6.07 Å². The van der Waals surface area contributed by atoms with Gasteiger partial charge in [0.1, 0.15) is 6.04 Å². The summed E-state index contributed by atoms with van der Waals surface area (Å²) in [5.74, 6) is 0.724. The highest BCUT2D eigenvalue weighted by Crippen LogP contribution is 2.24. The van der Waals surface area contributed by atoms with E-state index in [1.54, 1.807) is 0 Å². The van der Waals surface area contributed by atoms with Gasteiger partial charge in [0.25, 0.3) is 0 Å². The molecular weight excluding hydrogens is 198 g/mol. The molecule has 0 aromatic heterocycles. The van der Waals surface area contributed by atoms with E-state index in [9.17, 15) is 0 Å². The van der Waals surface area contributed by atoms with Crippen molar-refractivity contribution >= 4 is 0 Å². The number of rotatable bonds is 6. The Morgan fingerprint density at radius 2 is 2.00 bits per heavy atom. The number of hydrogen-bond donors (Lipinski definition) is 1. The molecule has 1 atom stereocenters. The highest BCUT2D eigenvalue weighted by Gasteiger charge is 2.23. The fraction of sp³-hybridized carbons (Fsp3) is 0.923. The largest absolute Gasteiger partial charge is 0.315 e. The van der Waals surface area contributed by atoms with Crippen LogP contribution in [-0.4, -0.2) is 30.1 Å². The van der Waals surface area contributed by atoms with Gasteiger partial charge in [-0.15, -0.1) is 0 Å². The summed E-state index contributed by atoms with van der Waals surface area (Å²) >= 11 is 0. The Hall–Kier alpha value is -0.590. The minimum Gasteiger partial charge on any atom is -0.315 e. The van der Waals surface area contributed by atoms with Crippen LogP contribution in [0.3, 0.4) is 0 Å². The minimum atomic E-state index is -0.326. The zero-order valence-corrected chi connectivity index (χ0v) is 10.7. The maximum Gasteiger partial charge on any atom is 0.106 e. The first-order chi connectivity index (χ1) is 7.63. The molecule has 1 rings (SSSR count). The van der Waals surface area contributed by atoms with Crippen LogP contribution in [0, 0.1) is 17.2 Å². The summed E-state index contributed by atoms with van der Waals surface area (Å²) in [6.45, 7) is 6.33. The average molecular weight is 223 g/mol.